The average molecular weight is 447 g/mol. The van der Waals surface area contributed by atoms with E-state index in [4.69, 9.17) is 9.40 Å². The maximum absolute atomic E-state index is 12.3. The first kappa shape index (κ1) is 22.7. The normalized spacial score (nSPS) is 11.2. The van der Waals surface area contributed by atoms with Crippen LogP contribution in [0, 0.1) is 0 Å². The van der Waals surface area contributed by atoms with E-state index in [-0.39, 0.29) is 11.6 Å². The zero-order chi connectivity index (χ0) is 22.9. The number of aromatic nitrogens is 4. The number of pyridine rings is 1. The molecule has 2 N–H and O–H groups in total. The standard InChI is InChI=1S/C25H30N6O2/c1-2-3-16-31-22-10-5-4-9-20(22)29-23(31)11-14-26-15-12-24-30-21(18-33-24)25(32)28-17-19-8-6-7-13-27-19/h4-10,13,18,26H,2-3,11-12,14-17H2,1H3,(H,28,32). The molecule has 0 saturated heterocycles. The summed E-state index contributed by atoms with van der Waals surface area (Å²) in [6.45, 7) is 5.08. The first-order valence-corrected chi connectivity index (χ1v) is 11.5. The maximum Gasteiger partial charge on any atom is 0.273 e. The van der Waals surface area contributed by atoms with Gasteiger partial charge < -0.3 is 19.6 Å². The Labute approximate surface area is 193 Å². The van der Waals surface area contributed by atoms with Gasteiger partial charge in [0.1, 0.15) is 12.1 Å². The van der Waals surface area contributed by atoms with Gasteiger partial charge in [0.2, 0.25) is 0 Å². The van der Waals surface area contributed by atoms with Crippen LogP contribution in [0.3, 0.4) is 0 Å². The molecule has 0 saturated carbocycles. The summed E-state index contributed by atoms with van der Waals surface area (Å²) in [5.41, 5.74) is 3.33. The van der Waals surface area contributed by atoms with Gasteiger partial charge in [-0.3, -0.25) is 9.78 Å². The van der Waals surface area contributed by atoms with Crippen molar-refractivity contribution in [2.24, 2.45) is 0 Å². The van der Waals surface area contributed by atoms with Gasteiger partial charge in [-0.1, -0.05) is 31.5 Å². The summed E-state index contributed by atoms with van der Waals surface area (Å²) in [4.78, 5) is 25.6. The zero-order valence-corrected chi connectivity index (χ0v) is 19.0. The van der Waals surface area contributed by atoms with E-state index in [1.165, 1.54) is 11.8 Å². The minimum Gasteiger partial charge on any atom is -0.448 e. The molecule has 0 fully saturated rings. The molecule has 8 nitrogen and oxygen atoms in total. The number of oxazole rings is 1. The Hall–Kier alpha value is -3.52. The van der Waals surface area contributed by atoms with Crippen LogP contribution in [-0.2, 0) is 25.9 Å². The molecule has 33 heavy (non-hydrogen) atoms. The fraction of sp³-hybridized carbons (Fsp3) is 0.360. The van der Waals surface area contributed by atoms with Crippen LogP contribution < -0.4 is 10.6 Å². The Bertz CT molecular complexity index is 1170. The predicted octanol–water partition coefficient (Wildman–Crippen LogP) is 3.52. The Kier molecular flexibility index (Phi) is 7.81. The highest BCUT2D eigenvalue weighted by atomic mass is 16.3. The van der Waals surface area contributed by atoms with E-state index in [0.29, 0.717) is 25.4 Å². The molecule has 1 amide bonds. The second kappa shape index (κ2) is 11.4. The Morgan fingerprint density at radius 1 is 1.06 bits per heavy atom. The van der Waals surface area contributed by atoms with E-state index in [1.807, 2.05) is 24.3 Å². The van der Waals surface area contributed by atoms with Gasteiger partial charge in [-0.05, 0) is 30.7 Å². The number of hydrogen-bond acceptors (Lipinski definition) is 6. The van der Waals surface area contributed by atoms with E-state index < -0.39 is 0 Å². The summed E-state index contributed by atoms with van der Waals surface area (Å²) < 4.78 is 7.80. The van der Waals surface area contributed by atoms with Gasteiger partial charge >= 0.3 is 0 Å². The Morgan fingerprint density at radius 2 is 1.91 bits per heavy atom. The minimum absolute atomic E-state index is 0.269. The second-order valence-electron chi connectivity index (χ2n) is 7.90. The summed E-state index contributed by atoms with van der Waals surface area (Å²) in [6, 6.07) is 13.9. The van der Waals surface area contributed by atoms with Crippen molar-refractivity contribution in [3.05, 3.63) is 78.0 Å². The number of rotatable bonds is 12. The number of amides is 1. The zero-order valence-electron chi connectivity index (χ0n) is 19.0. The van der Waals surface area contributed by atoms with Crippen LogP contribution in [0.1, 0.15) is 47.7 Å². The molecule has 4 rings (SSSR count). The summed E-state index contributed by atoms with van der Waals surface area (Å²) in [5.74, 6) is 1.38. The lowest BCUT2D eigenvalue weighted by molar-refractivity contribution is 0.0945. The third-order valence-corrected chi connectivity index (χ3v) is 5.45. The number of imidazole rings is 1. The molecular weight excluding hydrogens is 416 g/mol. The number of carbonyl (C=O) groups excluding carboxylic acids is 1. The summed E-state index contributed by atoms with van der Waals surface area (Å²) in [6.07, 6.45) is 6.86. The molecule has 3 aromatic heterocycles. The van der Waals surface area contributed by atoms with Crippen molar-refractivity contribution in [3.63, 3.8) is 0 Å². The fourth-order valence-electron chi connectivity index (χ4n) is 3.70. The highest BCUT2D eigenvalue weighted by molar-refractivity contribution is 5.91. The van der Waals surface area contributed by atoms with Gasteiger partial charge in [0.05, 0.1) is 23.3 Å². The molecule has 8 heteroatoms. The molecule has 0 aliphatic heterocycles. The van der Waals surface area contributed by atoms with Gasteiger partial charge in [0.25, 0.3) is 5.91 Å². The first-order valence-electron chi connectivity index (χ1n) is 11.5. The van der Waals surface area contributed by atoms with Crippen LogP contribution in [0.4, 0.5) is 0 Å². The topological polar surface area (TPSA) is 97.9 Å². The summed E-state index contributed by atoms with van der Waals surface area (Å²) in [7, 11) is 0. The number of para-hydroxylation sites is 2. The van der Waals surface area contributed by atoms with Gasteiger partial charge in [0, 0.05) is 38.7 Å². The number of nitrogens with one attached hydrogen (secondary N) is 2. The molecule has 0 radical (unpaired) electrons. The van der Waals surface area contributed by atoms with Crippen LogP contribution in [0.15, 0.2) is 59.3 Å². The van der Waals surface area contributed by atoms with E-state index in [0.717, 1.165) is 49.4 Å². The van der Waals surface area contributed by atoms with E-state index in [2.05, 4.69) is 50.3 Å². The van der Waals surface area contributed by atoms with Crippen LogP contribution in [0.2, 0.25) is 0 Å². The van der Waals surface area contributed by atoms with Crippen molar-refractivity contribution in [1.29, 1.82) is 0 Å². The lowest BCUT2D eigenvalue weighted by atomic mass is 10.3. The maximum atomic E-state index is 12.3. The largest absolute Gasteiger partial charge is 0.448 e. The summed E-state index contributed by atoms with van der Waals surface area (Å²) >= 11 is 0. The lowest BCUT2D eigenvalue weighted by Gasteiger charge is -2.09. The molecule has 4 aromatic rings. The van der Waals surface area contributed by atoms with Crippen molar-refractivity contribution in [1.82, 2.24) is 30.2 Å². The lowest BCUT2D eigenvalue weighted by Crippen LogP contribution is -2.24. The van der Waals surface area contributed by atoms with Crippen molar-refractivity contribution >= 4 is 16.9 Å². The molecule has 172 valence electrons. The highest BCUT2D eigenvalue weighted by Crippen LogP contribution is 2.17. The van der Waals surface area contributed by atoms with Gasteiger partial charge in [-0.2, -0.15) is 0 Å². The SMILES string of the molecule is CCCCn1c(CCNCCc2nc(C(=O)NCc3ccccn3)co2)nc2ccccc21. The second-order valence-corrected chi connectivity index (χ2v) is 7.90. The quantitative estimate of drug-likeness (QED) is 0.323. The Balaban J connectivity index is 1.22. The van der Waals surface area contributed by atoms with Crippen LogP contribution in [-0.4, -0.2) is 38.5 Å². The monoisotopic (exact) mass is 446 g/mol. The third-order valence-electron chi connectivity index (χ3n) is 5.45. The molecule has 3 heterocycles. The van der Waals surface area contributed by atoms with Crippen molar-refractivity contribution in [2.45, 2.75) is 45.7 Å². The summed E-state index contributed by atoms with van der Waals surface area (Å²) in [5, 5.41) is 6.24. The van der Waals surface area contributed by atoms with Gasteiger partial charge in [-0.25, -0.2) is 9.97 Å². The highest BCUT2D eigenvalue weighted by Gasteiger charge is 2.13. The molecule has 0 unspecified atom stereocenters. The Morgan fingerprint density at radius 3 is 2.76 bits per heavy atom. The van der Waals surface area contributed by atoms with Gasteiger partial charge in [0.15, 0.2) is 11.6 Å². The fourth-order valence-corrected chi connectivity index (χ4v) is 3.70. The van der Waals surface area contributed by atoms with Crippen molar-refractivity contribution in [2.75, 3.05) is 13.1 Å². The van der Waals surface area contributed by atoms with E-state index >= 15 is 0 Å². The molecule has 0 atom stereocenters. The molecule has 1 aromatic carbocycles. The number of fused-ring (bicyclic) bond motifs is 1. The first-order chi connectivity index (χ1) is 16.2. The smallest absolute Gasteiger partial charge is 0.273 e. The van der Waals surface area contributed by atoms with Crippen molar-refractivity contribution in [3.8, 4) is 0 Å². The number of benzene rings is 1. The van der Waals surface area contributed by atoms with Crippen molar-refractivity contribution < 1.29 is 9.21 Å². The predicted molar refractivity (Wildman–Crippen MR) is 127 cm³/mol. The van der Waals surface area contributed by atoms with E-state index in [9.17, 15) is 4.79 Å². The van der Waals surface area contributed by atoms with E-state index in [1.54, 1.807) is 6.20 Å². The van der Waals surface area contributed by atoms with Crippen LogP contribution >= 0.6 is 0 Å². The number of hydrogen-bond donors (Lipinski definition) is 2. The molecule has 0 spiro atoms. The number of unbranched alkanes of at least 4 members (excludes halogenated alkanes) is 1. The molecular formula is C25H30N6O2. The molecule has 0 aliphatic carbocycles. The third kappa shape index (κ3) is 6.04. The molecule has 0 bridgehead atoms. The van der Waals surface area contributed by atoms with Crippen LogP contribution in [0.5, 0.6) is 0 Å². The molecule has 0 aliphatic rings. The average Bonchev–Trinajstić information content (AvgIpc) is 3.46. The van der Waals surface area contributed by atoms with Crippen LogP contribution in [0.25, 0.3) is 11.0 Å². The van der Waals surface area contributed by atoms with Gasteiger partial charge in [-0.15, -0.1) is 0 Å². The minimum atomic E-state index is -0.269. The number of aryl methyl sites for hydroxylation is 1. The number of nitrogens with zero attached hydrogens (tertiary/aromatic N) is 4. The number of carbonyl (C=O) groups is 1.